The second-order valence-corrected chi connectivity index (χ2v) is 6.25. The number of halogens is 1. The molecule has 2 N–H and O–H groups in total. The Balaban J connectivity index is 2.37. The van der Waals surface area contributed by atoms with E-state index in [1.807, 2.05) is 39.0 Å². The Morgan fingerprint density at radius 3 is 2.19 bits per heavy atom. The molecule has 21 heavy (non-hydrogen) atoms. The predicted molar refractivity (Wildman–Crippen MR) is 86.5 cm³/mol. The van der Waals surface area contributed by atoms with Crippen LogP contribution < -0.4 is 5.73 Å². The molecule has 0 amide bonds. The molecule has 4 heteroatoms. The highest BCUT2D eigenvalue weighted by atomic mass is 35.5. The van der Waals surface area contributed by atoms with Crippen LogP contribution in [0, 0.1) is 0 Å². The van der Waals surface area contributed by atoms with Crippen molar-refractivity contribution in [3.05, 3.63) is 53.1 Å². The van der Waals surface area contributed by atoms with Crippen molar-refractivity contribution in [3.63, 3.8) is 0 Å². The Labute approximate surface area is 129 Å². The van der Waals surface area contributed by atoms with Gasteiger partial charge in [-0.2, -0.15) is 0 Å². The van der Waals surface area contributed by atoms with Gasteiger partial charge in [-0.1, -0.05) is 29.8 Å². The van der Waals surface area contributed by atoms with Gasteiger partial charge in [-0.05, 0) is 56.2 Å². The number of ether oxygens (including phenoxy) is 1. The third kappa shape index (κ3) is 3.99. The third-order valence-electron chi connectivity index (χ3n) is 2.85. The van der Waals surface area contributed by atoms with Crippen molar-refractivity contribution >= 4 is 23.3 Å². The summed E-state index contributed by atoms with van der Waals surface area (Å²) in [5, 5.41) is 0.668. The number of nitrogen functional groups attached to an aromatic ring is 1. The molecule has 0 unspecified atom stereocenters. The molecule has 3 nitrogen and oxygen atoms in total. The van der Waals surface area contributed by atoms with Crippen molar-refractivity contribution in [1.82, 2.24) is 0 Å². The highest BCUT2D eigenvalue weighted by Gasteiger charge is 2.20. The van der Waals surface area contributed by atoms with Crippen LogP contribution in [-0.2, 0) is 4.74 Å². The summed E-state index contributed by atoms with van der Waals surface area (Å²) in [4.78, 5) is 12.2. The lowest BCUT2D eigenvalue weighted by Gasteiger charge is -2.20. The van der Waals surface area contributed by atoms with E-state index in [0.29, 0.717) is 16.3 Å². The van der Waals surface area contributed by atoms with Crippen LogP contribution >= 0.6 is 11.6 Å². The minimum Gasteiger partial charge on any atom is -0.456 e. The summed E-state index contributed by atoms with van der Waals surface area (Å²) in [6, 6.07) is 12.7. The molecule has 110 valence electrons. The van der Waals surface area contributed by atoms with E-state index < -0.39 is 11.6 Å². The lowest BCUT2D eigenvalue weighted by molar-refractivity contribution is 0.00709. The maximum absolute atomic E-state index is 12.2. The van der Waals surface area contributed by atoms with Gasteiger partial charge < -0.3 is 10.5 Å². The fourth-order valence-corrected chi connectivity index (χ4v) is 2.01. The lowest BCUT2D eigenvalue weighted by Crippen LogP contribution is -2.24. The molecule has 2 aromatic carbocycles. The molecule has 0 aliphatic heterocycles. The molecule has 0 radical (unpaired) electrons. The molecular formula is C17H18ClNO2. The fourth-order valence-electron chi connectivity index (χ4n) is 1.89. The largest absolute Gasteiger partial charge is 0.456 e. The van der Waals surface area contributed by atoms with Crippen LogP contribution in [0.2, 0.25) is 5.02 Å². The standard InChI is InChI=1S/C17H18ClNO2/c1-17(2,3)21-16(20)14-10-12(6-9-15(14)19)11-4-7-13(18)8-5-11/h4-10H,19H2,1-3H3. The van der Waals surface area contributed by atoms with Crippen molar-refractivity contribution in [2.24, 2.45) is 0 Å². The number of hydrogen-bond acceptors (Lipinski definition) is 3. The Bertz CT molecular complexity index is 657. The van der Waals surface area contributed by atoms with E-state index in [0.717, 1.165) is 11.1 Å². The monoisotopic (exact) mass is 303 g/mol. The van der Waals surface area contributed by atoms with Gasteiger partial charge in [0.2, 0.25) is 0 Å². The van der Waals surface area contributed by atoms with Gasteiger partial charge in [-0.15, -0.1) is 0 Å². The van der Waals surface area contributed by atoms with Gasteiger partial charge in [0.15, 0.2) is 0 Å². The van der Waals surface area contributed by atoms with Crippen LogP contribution in [0.5, 0.6) is 0 Å². The molecule has 0 saturated heterocycles. The highest BCUT2D eigenvalue weighted by Crippen LogP contribution is 2.26. The first kappa shape index (κ1) is 15.4. The number of benzene rings is 2. The van der Waals surface area contributed by atoms with Gasteiger partial charge in [-0.3, -0.25) is 0 Å². The van der Waals surface area contributed by atoms with Gasteiger partial charge in [0.05, 0.1) is 5.56 Å². The number of carbonyl (C=O) groups excluding carboxylic acids is 1. The summed E-state index contributed by atoms with van der Waals surface area (Å²) in [6.45, 7) is 5.47. The fraction of sp³-hybridized carbons (Fsp3) is 0.235. The molecule has 0 aromatic heterocycles. The highest BCUT2D eigenvalue weighted by molar-refractivity contribution is 6.30. The first-order chi connectivity index (χ1) is 9.76. The average molecular weight is 304 g/mol. The summed E-state index contributed by atoms with van der Waals surface area (Å²) in [5.41, 5.74) is 7.96. The molecular weight excluding hydrogens is 286 g/mol. The molecule has 2 aromatic rings. The average Bonchev–Trinajstić information content (AvgIpc) is 2.38. The van der Waals surface area contributed by atoms with Gasteiger partial charge >= 0.3 is 5.97 Å². The maximum atomic E-state index is 12.2. The number of hydrogen-bond donors (Lipinski definition) is 1. The Hall–Kier alpha value is -2.00. The summed E-state index contributed by atoms with van der Waals surface area (Å²) >= 11 is 5.88. The first-order valence-electron chi connectivity index (χ1n) is 6.65. The zero-order chi connectivity index (χ0) is 15.6. The van der Waals surface area contributed by atoms with E-state index in [1.165, 1.54) is 0 Å². The van der Waals surface area contributed by atoms with E-state index in [1.54, 1.807) is 24.3 Å². The van der Waals surface area contributed by atoms with E-state index in [9.17, 15) is 4.79 Å². The zero-order valence-corrected chi connectivity index (χ0v) is 13.1. The maximum Gasteiger partial charge on any atom is 0.340 e. The van der Waals surface area contributed by atoms with Gasteiger partial charge in [0, 0.05) is 10.7 Å². The van der Waals surface area contributed by atoms with Crippen LogP contribution in [0.3, 0.4) is 0 Å². The van der Waals surface area contributed by atoms with Gasteiger partial charge in [0.25, 0.3) is 0 Å². The number of esters is 1. The molecule has 0 aliphatic carbocycles. The minimum absolute atomic E-state index is 0.373. The van der Waals surface area contributed by atoms with Crippen molar-refractivity contribution in [1.29, 1.82) is 0 Å². The molecule has 0 aliphatic rings. The van der Waals surface area contributed by atoms with Crippen LogP contribution in [-0.4, -0.2) is 11.6 Å². The van der Waals surface area contributed by atoms with Gasteiger partial charge in [-0.25, -0.2) is 4.79 Å². The smallest absolute Gasteiger partial charge is 0.340 e. The second kappa shape index (κ2) is 5.78. The van der Waals surface area contributed by atoms with E-state index in [-0.39, 0.29) is 0 Å². The van der Waals surface area contributed by atoms with Crippen LogP contribution in [0.15, 0.2) is 42.5 Å². The molecule has 0 heterocycles. The summed E-state index contributed by atoms with van der Waals surface area (Å²) in [5.74, 6) is -0.421. The molecule has 0 fully saturated rings. The minimum atomic E-state index is -0.556. The summed E-state index contributed by atoms with van der Waals surface area (Å²) in [7, 11) is 0. The van der Waals surface area contributed by atoms with E-state index >= 15 is 0 Å². The molecule has 2 rings (SSSR count). The third-order valence-corrected chi connectivity index (χ3v) is 3.10. The molecule has 0 saturated carbocycles. The van der Waals surface area contributed by atoms with Crippen molar-refractivity contribution < 1.29 is 9.53 Å². The lowest BCUT2D eigenvalue weighted by atomic mass is 10.0. The normalized spacial score (nSPS) is 11.2. The zero-order valence-electron chi connectivity index (χ0n) is 12.3. The quantitative estimate of drug-likeness (QED) is 0.654. The van der Waals surface area contributed by atoms with Crippen LogP contribution in [0.4, 0.5) is 5.69 Å². The Kier molecular flexibility index (Phi) is 4.24. The number of nitrogens with two attached hydrogens (primary N) is 1. The van der Waals surface area contributed by atoms with Crippen molar-refractivity contribution in [3.8, 4) is 11.1 Å². The number of carbonyl (C=O) groups is 1. The Morgan fingerprint density at radius 2 is 1.62 bits per heavy atom. The van der Waals surface area contributed by atoms with E-state index in [2.05, 4.69) is 0 Å². The number of anilines is 1. The van der Waals surface area contributed by atoms with Gasteiger partial charge in [0.1, 0.15) is 5.60 Å². The topological polar surface area (TPSA) is 52.3 Å². The number of rotatable bonds is 2. The summed E-state index contributed by atoms with van der Waals surface area (Å²) in [6.07, 6.45) is 0. The molecule has 0 atom stereocenters. The van der Waals surface area contributed by atoms with Crippen molar-refractivity contribution in [2.45, 2.75) is 26.4 Å². The second-order valence-electron chi connectivity index (χ2n) is 5.81. The van der Waals surface area contributed by atoms with E-state index in [4.69, 9.17) is 22.1 Å². The summed E-state index contributed by atoms with van der Waals surface area (Å²) < 4.78 is 5.37. The van der Waals surface area contributed by atoms with Crippen LogP contribution in [0.1, 0.15) is 31.1 Å². The first-order valence-corrected chi connectivity index (χ1v) is 7.03. The molecule has 0 bridgehead atoms. The van der Waals surface area contributed by atoms with Crippen molar-refractivity contribution in [2.75, 3.05) is 5.73 Å². The SMILES string of the molecule is CC(C)(C)OC(=O)c1cc(-c2ccc(Cl)cc2)ccc1N. The Morgan fingerprint density at radius 1 is 1.05 bits per heavy atom. The molecule has 0 spiro atoms. The van der Waals surface area contributed by atoms with Crippen LogP contribution in [0.25, 0.3) is 11.1 Å². The predicted octanol–water partition coefficient (Wildman–Crippen LogP) is 4.54.